The molecule has 1 aromatic heterocycles. The number of amides is 1. The Morgan fingerprint density at radius 2 is 1.74 bits per heavy atom. The first kappa shape index (κ1) is 16.2. The molecule has 2 aliphatic rings. The second-order valence-corrected chi connectivity index (χ2v) is 7.49. The van der Waals surface area contributed by atoms with Gasteiger partial charge in [-0.15, -0.1) is 0 Å². The molecule has 5 heteroatoms. The first-order valence-corrected chi connectivity index (χ1v) is 9.56. The van der Waals surface area contributed by atoms with E-state index in [-0.39, 0.29) is 5.41 Å². The minimum Gasteiger partial charge on any atom is -0.368 e. The Hall–Kier alpha value is -2.95. The molecule has 0 N–H and O–H groups in total. The van der Waals surface area contributed by atoms with E-state index in [2.05, 4.69) is 44.0 Å². The van der Waals surface area contributed by atoms with Gasteiger partial charge < -0.3 is 9.80 Å². The average Bonchev–Trinajstić information content (AvgIpc) is 3.56. The summed E-state index contributed by atoms with van der Waals surface area (Å²) in [5.41, 5.74) is 3.05. The van der Waals surface area contributed by atoms with E-state index >= 15 is 0 Å². The Labute approximate surface area is 158 Å². The number of nitrogens with zero attached hydrogens (tertiary/aromatic N) is 4. The molecule has 1 aliphatic heterocycles. The predicted molar refractivity (Wildman–Crippen MR) is 106 cm³/mol. The lowest BCUT2D eigenvalue weighted by atomic mass is 9.94. The van der Waals surface area contributed by atoms with Crippen LogP contribution in [-0.2, 0) is 10.2 Å². The number of hydrogen-bond donors (Lipinski definition) is 0. The van der Waals surface area contributed by atoms with Gasteiger partial charge >= 0.3 is 0 Å². The van der Waals surface area contributed by atoms with Gasteiger partial charge in [0.05, 0.1) is 10.9 Å². The third-order valence-corrected chi connectivity index (χ3v) is 5.91. The second-order valence-electron chi connectivity index (χ2n) is 7.49. The van der Waals surface area contributed by atoms with Gasteiger partial charge in [-0.25, -0.2) is 9.97 Å². The molecule has 3 aromatic rings. The fourth-order valence-electron chi connectivity index (χ4n) is 4.15. The van der Waals surface area contributed by atoms with Crippen molar-refractivity contribution >= 4 is 22.5 Å². The highest BCUT2D eigenvalue weighted by atomic mass is 16.2. The summed E-state index contributed by atoms with van der Waals surface area (Å²) in [5, 5.41) is 1.05. The van der Waals surface area contributed by atoms with Gasteiger partial charge in [-0.1, -0.05) is 30.3 Å². The predicted octanol–water partition coefficient (Wildman–Crippen LogP) is 3.01. The highest BCUT2D eigenvalue weighted by molar-refractivity contribution is 5.91. The zero-order valence-electron chi connectivity index (χ0n) is 15.2. The van der Waals surface area contributed by atoms with Crippen LogP contribution in [0.3, 0.4) is 0 Å². The third kappa shape index (κ3) is 2.83. The summed E-state index contributed by atoms with van der Waals surface area (Å²) >= 11 is 0. The Morgan fingerprint density at radius 1 is 0.963 bits per heavy atom. The van der Waals surface area contributed by atoms with Crippen LogP contribution in [0, 0.1) is 0 Å². The van der Waals surface area contributed by atoms with Crippen LogP contribution in [0.15, 0.2) is 61.1 Å². The van der Waals surface area contributed by atoms with Crippen LogP contribution < -0.4 is 4.90 Å². The summed E-state index contributed by atoms with van der Waals surface area (Å²) in [4.78, 5) is 26.0. The number of piperazine rings is 1. The SMILES string of the molecule is O=C(N1CCN(c2ccc3ncncc3c2)CC1)C1(c2ccccc2)CC1. The van der Waals surface area contributed by atoms with E-state index in [4.69, 9.17) is 0 Å². The molecule has 2 heterocycles. The van der Waals surface area contributed by atoms with Crippen molar-refractivity contribution in [3.05, 3.63) is 66.6 Å². The summed E-state index contributed by atoms with van der Waals surface area (Å²) in [5.74, 6) is 0.306. The minimum absolute atomic E-state index is 0.260. The molecule has 0 radical (unpaired) electrons. The van der Waals surface area contributed by atoms with Crippen molar-refractivity contribution in [2.75, 3.05) is 31.1 Å². The number of carbonyl (C=O) groups is 1. The van der Waals surface area contributed by atoms with Crippen LogP contribution in [0.5, 0.6) is 0 Å². The first-order chi connectivity index (χ1) is 13.3. The van der Waals surface area contributed by atoms with Crippen molar-refractivity contribution in [1.29, 1.82) is 0 Å². The van der Waals surface area contributed by atoms with Crippen molar-refractivity contribution in [3.63, 3.8) is 0 Å². The van der Waals surface area contributed by atoms with Gasteiger partial charge in [0.1, 0.15) is 6.33 Å². The van der Waals surface area contributed by atoms with Crippen molar-refractivity contribution in [2.45, 2.75) is 18.3 Å². The lowest BCUT2D eigenvalue weighted by molar-refractivity contribution is -0.134. The number of carbonyl (C=O) groups excluding carboxylic acids is 1. The van der Waals surface area contributed by atoms with Crippen molar-refractivity contribution in [3.8, 4) is 0 Å². The number of aromatic nitrogens is 2. The Bertz CT molecular complexity index is 976. The number of anilines is 1. The summed E-state index contributed by atoms with van der Waals surface area (Å²) in [6, 6.07) is 16.6. The van der Waals surface area contributed by atoms with Gasteiger partial charge in [0.25, 0.3) is 0 Å². The molecule has 1 saturated heterocycles. The molecule has 2 aromatic carbocycles. The van der Waals surface area contributed by atoms with Crippen molar-refractivity contribution < 1.29 is 4.79 Å². The first-order valence-electron chi connectivity index (χ1n) is 9.56. The van der Waals surface area contributed by atoms with E-state index in [1.165, 1.54) is 11.3 Å². The minimum atomic E-state index is -0.260. The van der Waals surface area contributed by atoms with Gasteiger partial charge in [0.15, 0.2) is 0 Å². The third-order valence-electron chi connectivity index (χ3n) is 5.91. The fourth-order valence-corrected chi connectivity index (χ4v) is 4.15. The summed E-state index contributed by atoms with van der Waals surface area (Å²) in [6.45, 7) is 3.26. The molecule has 1 aliphatic carbocycles. The molecule has 5 rings (SSSR count). The number of hydrogen-bond acceptors (Lipinski definition) is 4. The monoisotopic (exact) mass is 358 g/mol. The van der Waals surface area contributed by atoms with Crippen LogP contribution in [0.25, 0.3) is 10.9 Å². The molecule has 1 saturated carbocycles. The summed E-state index contributed by atoms with van der Waals surface area (Å²) in [7, 11) is 0. The highest BCUT2D eigenvalue weighted by Gasteiger charge is 2.53. The van der Waals surface area contributed by atoms with Gasteiger partial charge in [0.2, 0.25) is 5.91 Å². The van der Waals surface area contributed by atoms with Crippen molar-refractivity contribution in [2.24, 2.45) is 0 Å². The molecular formula is C22H22N4O. The zero-order chi connectivity index (χ0) is 18.3. The van der Waals surface area contributed by atoms with Gasteiger partial charge in [-0.3, -0.25) is 4.79 Å². The van der Waals surface area contributed by atoms with Crippen molar-refractivity contribution in [1.82, 2.24) is 14.9 Å². The topological polar surface area (TPSA) is 49.3 Å². The molecule has 1 amide bonds. The van der Waals surface area contributed by atoms with E-state index in [0.717, 1.165) is 49.9 Å². The molecule has 2 fully saturated rings. The molecule has 27 heavy (non-hydrogen) atoms. The van der Waals surface area contributed by atoms with E-state index in [9.17, 15) is 4.79 Å². The van der Waals surface area contributed by atoms with Crippen LogP contribution in [0.1, 0.15) is 18.4 Å². The average molecular weight is 358 g/mol. The van der Waals surface area contributed by atoms with Gasteiger partial charge in [-0.2, -0.15) is 0 Å². The van der Waals surface area contributed by atoms with Crippen LogP contribution in [0.4, 0.5) is 5.69 Å². The van der Waals surface area contributed by atoms with Gasteiger partial charge in [-0.05, 0) is 36.6 Å². The molecule has 5 nitrogen and oxygen atoms in total. The number of fused-ring (bicyclic) bond motifs is 1. The number of benzene rings is 2. The molecular weight excluding hydrogens is 336 g/mol. The second kappa shape index (κ2) is 6.34. The zero-order valence-corrected chi connectivity index (χ0v) is 15.2. The fraction of sp³-hybridized carbons (Fsp3) is 0.318. The van der Waals surface area contributed by atoms with E-state index in [0.29, 0.717) is 5.91 Å². The maximum atomic E-state index is 13.2. The van der Waals surface area contributed by atoms with E-state index in [1.54, 1.807) is 6.33 Å². The molecule has 0 bridgehead atoms. The van der Waals surface area contributed by atoms with Crippen LogP contribution in [0.2, 0.25) is 0 Å². The molecule has 0 spiro atoms. The lowest BCUT2D eigenvalue weighted by Gasteiger charge is -2.38. The maximum absolute atomic E-state index is 13.2. The largest absolute Gasteiger partial charge is 0.368 e. The molecule has 0 atom stereocenters. The highest BCUT2D eigenvalue weighted by Crippen LogP contribution is 2.49. The smallest absolute Gasteiger partial charge is 0.233 e. The Balaban J connectivity index is 1.29. The van der Waals surface area contributed by atoms with Gasteiger partial charge in [0, 0.05) is 43.4 Å². The summed E-state index contributed by atoms with van der Waals surface area (Å²) in [6.07, 6.45) is 5.37. The number of rotatable bonds is 3. The van der Waals surface area contributed by atoms with Crippen LogP contribution >= 0.6 is 0 Å². The maximum Gasteiger partial charge on any atom is 0.233 e. The molecule has 0 unspecified atom stereocenters. The lowest BCUT2D eigenvalue weighted by Crippen LogP contribution is -2.51. The van der Waals surface area contributed by atoms with Crippen LogP contribution in [-0.4, -0.2) is 47.0 Å². The standard InChI is InChI=1S/C22H22N4O/c27-21(22(8-9-22)18-4-2-1-3-5-18)26-12-10-25(11-13-26)19-6-7-20-17(14-19)15-23-16-24-20/h1-7,14-16H,8-13H2. The molecule has 136 valence electrons. The van der Waals surface area contributed by atoms with E-state index < -0.39 is 0 Å². The Kier molecular flexibility index (Phi) is 3.81. The summed E-state index contributed by atoms with van der Waals surface area (Å²) < 4.78 is 0. The normalized spacial score (nSPS) is 18.5. The Morgan fingerprint density at radius 3 is 2.48 bits per heavy atom. The quantitative estimate of drug-likeness (QED) is 0.722. The van der Waals surface area contributed by atoms with E-state index in [1.807, 2.05) is 30.5 Å².